The minimum Gasteiger partial charge on any atom is -0.480 e. The SMILES string of the molecule is CCCC1SCC(C(=O)O)N1C(=O)CNCC1CC1. The van der Waals surface area contributed by atoms with Crippen LogP contribution in [0, 0.1) is 5.92 Å². The second-order valence-corrected chi connectivity index (χ2v) is 6.52. The fourth-order valence-electron chi connectivity index (χ4n) is 2.35. The van der Waals surface area contributed by atoms with Gasteiger partial charge in [0, 0.05) is 5.75 Å². The van der Waals surface area contributed by atoms with Gasteiger partial charge in [-0.1, -0.05) is 13.3 Å². The van der Waals surface area contributed by atoms with Crippen molar-refractivity contribution < 1.29 is 14.7 Å². The maximum absolute atomic E-state index is 12.2. The van der Waals surface area contributed by atoms with E-state index in [1.807, 2.05) is 0 Å². The van der Waals surface area contributed by atoms with E-state index in [-0.39, 0.29) is 17.8 Å². The van der Waals surface area contributed by atoms with Gasteiger partial charge in [-0.3, -0.25) is 4.79 Å². The third kappa shape index (κ3) is 3.86. The molecule has 6 heteroatoms. The molecule has 2 atom stereocenters. The summed E-state index contributed by atoms with van der Waals surface area (Å²) in [4.78, 5) is 25.0. The highest BCUT2D eigenvalue weighted by Gasteiger charge is 2.40. The number of carbonyl (C=O) groups is 2. The maximum atomic E-state index is 12.2. The number of hydrogen-bond acceptors (Lipinski definition) is 4. The number of thioether (sulfide) groups is 1. The molecule has 1 aliphatic heterocycles. The van der Waals surface area contributed by atoms with E-state index >= 15 is 0 Å². The molecule has 1 saturated carbocycles. The molecule has 0 aromatic carbocycles. The number of rotatable bonds is 7. The molecule has 19 heavy (non-hydrogen) atoms. The summed E-state index contributed by atoms with van der Waals surface area (Å²) in [6.07, 6.45) is 4.32. The molecule has 0 bridgehead atoms. The molecule has 2 rings (SSSR count). The van der Waals surface area contributed by atoms with Gasteiger partial charge < -0.3 is 15.3 Å². The zero-order valence-corrected chi connectivity index (χ0v) is 12.1. The summed E-state index contributed by atoms with van der Waals surface area (Å²) >= 11 is 1.59. The monoisotopic (exact) mass is 286 g/mol. The lowest BCUT2D eigenvalue weighted by Crippen LogP contribution is -2.49. The van der Waals surface area contributed by atoms with Crippen molar-refractivity contribution in [1.82, 2.24) is 10.2 Å². The summed E-state index contributed by atoms with van der Waals surface area (Å²) in [5.74, 6) is 0.273. The van der Waals surface area contributed by atoms with Crippen LogP contribution in [-0.2, 0) is 9.59 Å². The van der Waals surface area contributed by atoms with Crippen molar-refractivity contribution in [3.63, 3.8) is 0 Å². The van der Waals surface area contributed by atoms with E-state index in [9.17, 15) is 14.7 Å². The molecule has 108 valence electrons. The smallest absolute Gasteiger partial charge is 0.327 e. The molecule has 5 nitrogen and oxygen atoms in total. The number of aliphatic carboxylic acids is 1. The lowest BCUT2D eigenvalue weighted by atomic mass is 10.2. The molecule has 2 aliphatic rings. The van der Waals surface area contributed by atoms with E-state index in [0.717, 1.165) is 25.3 Å². The number of hydrogen-bond donors (Lipinski definition) is 2. The number of nitrogens with one attached hydrogen (secondary N) is 1. The van der Waals surface area contributed by atoms with Crippen LogP contribution in [0.3, 0.4) is 0 Å². The average Bonchev–Trinajstić information content (AvgIpc) is 3.08. The lowest BCUT2D eigenvalue weighted by molar-refractivity contribution is -0.148. The van der Waals surface area contributed by atoms with Crippen molar-refractivity contribution in [2.24, 2.45) is 5.92 Å². The number of nitrogens with zero attached hydrogens (tertiary/aromatic N) is 1. The quantitative estimate of drug-likeness (QED) is 0.734. The third-order valence-corrected chi connectivity index (χ3v) is 4.96. The highest BCUT2D eigenvalue weighted by Crippen LogP contribution is 2.32. The third-order valence-electron chi connectivity index (χ3n) is 3.61. The van der Waals surface area contributed by atoms with Crippen LogP contribution in [0.1, 0.15) is 32.6 Å². The molecule has 0 aromatic heterocycles. The molecule has 0 spiro atoms. The first-order valence-electron chi connectivity index (χ1n) is 6.99. The number of carbonyl (C=O) groups excluding carboxylic acids is 1. The number of carboxylic acid groups (broad SMARTS) is 1. The van der Waals surface area contributed by atoms with Gasteiger partial charge in [-0.15, -0.1) is 11.8 Å². The van der Waals surface area contributed by atoms with Crippen LogP contribution in [0.2, 0.25) is 0 Å². The Morgan fingerprint density at radius 2 is 2.16 bits per heavy atom. The van der Waals surface area contributed by atoms with Gasteiger partial charge in [-0.05, 0) is 31.7 Å². The first-order chi connectivity index (χ1) is 9.13. The Morgan fingerprint density at radius 3 is 2.74 bits per heavy atom. The number of carboxylic acids is 1. The Labute approximate surface area is 118 Å². The minimum absolute atomic E-state index is 0.0290. The Balaban J connectivity index is 1.89. The summed E-state index contributed by atoms with van der Waals surface area (Å²) in [6.45, 7) is 3.20. The molecular formula is C13H22N2O3S. The summed E-state index contributed by atoms with van der Waals surface area (Å²) in [5.41, 5.74) is 0. The molecule has 1 amide bonds. The van der Waals surface area contributed by atoms with Crippen molar-refractivity contribution in [2.75, 3.05) is 18.8 Å². The van der Waals surface area contributed by atoms with E-state index in [4.69, 9.17) is 0 Å². The highest BCUT2D eigenvalue weighted by molar-refractivity contribution is 8.00. The fraction of sp³-hybridized carbons (Fsp3) is 0.846. The lowest BCUT2D eigenvalue weighted by Gasteiger charge is -2.27. The molecular weight excluding hydrogens is 264 g/mol. The van der Waals surface area contributed by atoms with Crippen molar-refractivity contribution in [3.8, 4) is 0 Å². The maximum Gasteiger partial charge on any atom is 0.327 e. The van der Waals surface area contributed by atoms with E-state index in [2.05, 4.69) is 12.2 Å². The van der Waals surface area contributed by atoms with Crippen molar-refractivity contribution >= 4 is 23.6 Å². The van der Waals surface area contributed by atoms with Crippen LogP contribution in [-0.4, -0.2) is 52.1 Å². The fourth-order valence-corrected chi connectivity index (χ4v) is 3.89. The predicted octanol–water partition coefficient (Wildman–Crippen LogP) is 1.14. The van der Waals surface area contributed by atoms with Gasteiger partial charge in [-0.2, -0.15) is 0 Å². The van der Waals surface area contributed by atoms with Gasteiger partial charge in [0.1, 0.15) is 6.04 Å². The highest BCUT2D eigenvalue weighted by atomic mass is 32.2. The van der Waals surface area contributed by atoms with E-state index in [1.54, 1.807) is 16.7 Å². The standard InChI is InChI=1S/C13H22N2O3S/c1-2-3-12-15(10(8-19-12)13(17)18)11(16)7-14-6-9-4-5-9/h9-10,12,14H,2-8H2,1H3,(H,17,18). The zero-order valence-electron chi connectivity index (χ0n) is 11.3. The van der Waals surface area contributed by atoms with Gasteiger partial charge in [0.15, 0.2) is 0 Å². The zero-order chi connectivity index (χ0) is 13.8. The molecule has 1 saturated heterocycles. The Bertz CT molecular complexity index is 347. The van der Waals surface area contributed by atoms with Gasteiger partial charge in [0.25, 0.3) is 0 Å². The second-order valence-electron chi connectivity index (χ2n) is 5.31. The Hall–Kier alpha value is -0.750. The Kier molecular flexibility index (Phi) is 5.10. The van der Waals surface area contributed by atoms with Crippen LogP contribution in [0.4, 0.5) is 0 Å². The second kappa shape index (κ2) is 6.61. The minimum atomic E-state index is -0.887. The summed E-state index contributed by atoms with van der Waals surface area (Å²) in [7, 11) is 0. The van der Waals surface area contributed by atoms with E-state index < -0.39 is 12.0 Å². The van der Waals surface area contributed by atoms with Gasteiger partial charge in [0.05, 0.1) is 11.9 Å². The van der Waals surface area contributed by atoms with Crippen molar-refractivity contribution in [1.29, 1.82) is 0 Å². The topological polar surface area (TPSA) is 69.6 Å². The molecule has 1 heterocycles. The first-order valence-corrected chi connectivity index (χ1v) is 8.04. The van der Waals surface area contributed by atoms with Crippen LogP contribution < -0.4 is 5.32 Å². The normalized spacial score (nSPS) is 26.7. The molecule has 2 fully saturated rings. The summed E-state index contributed by atoms with van der Waals surface area (Å²) in [5, 5.41) is 12.4. The molecule has 0 aromatic rings. The molecule has 1 aliphatic carbocycles. The number of amides is 1. The molecule has 2 unspecified atom stereocenters. The van der Waals surface area contributed by atoms with Gasteiger partial charge in [0.2, 0.25) is 5.91 Å². The largest absolute Gasteiger partial charge is 0.480 e. The Morgan fingerprint density at radius 1 is 1.42 bits per heavy atom. The van der Waals surface area contributed by atoms with Crippen LogP contribution in [0.25, 0.3) is 0 Å². The summed E-state index contributed by atoms with van der Waals surface area (Å²) < 4.78 is 0. The molecule has 2 N–H and O–H groups in total. The van der Waals surface area contributed by atoms with Crippen LogP contribution in [0.15, 0.2) is 0 Å². The summed E-state index contributed by atoms with van der Waals surface area (Å²) in [6, 6.07) is -0.656. The average molecular weight is 286 g/mol. The first kappa shape index (κ1) is 14.7. The van der Waals surface area contributed by atoms with E-state index in [0.29, 0.717) is 5.75 Å². The van der Waals surface area contributed by atoms with Crippen molar-refractivity contribution in [3.05, 3.63) is 0 Å². The van der Waals surface area contributed by atoms with Gasteiger partial charge >= 0.3 is 5.97 Å². The van der Waals surface area contributed by atoms with Gasteiger partial charge in [-0.25, -0.2) is 4.79 Å². The van der Waals surface area contributed by atoms with Crippen LogP contribution >= 0.6 is 11.8 Å². The molecule has 0 radical (unpaired) electrons. The van der Waals surface area contributed by atoms with E-state index in [1.165, 1.54) is 12.8 Å². The van der Waals surface area contributed by atoms with Crippen molar-refractivity contribution in [2.45, 2.75) is 44.0 Å². The predicted molar refractivity (Wildman–Crippen MR) is 75.0 cm³/mol. The van der Waals surface area contributed by atoms with Crippen LogP contribution in [0.5, 0.6) is 0 Å².